The molecule has 1 N–H and O–H groups in total. The summed E-state index contributed by atoms with van der Waals surface area (Å²) < 4.78 is 7.03. The Labute approximate surface area is 168 Å². The Bertz CT molecular complexity index is 592. The number of fused-ring (bicyclic) bond motifs is 5. The fourth-order valence-corrected chi connectivity index (χ4v) is 8.51. The van der Waals surface area contributed by atoms with E-state index in [0.29, 0.717) is 16.6 Å². The van der Waals surface area contributed by atoms with Crippen LogP contribution in [0.3, 0.4) is 0 Å². The van der Waals surface area contributed by atoms with Gasteiger partial charge in [0, 0.05) is 0 Å². The monoisotopic (exact) mass is 390 g/mol. The molecule has 27 heavy (non-hydrogen) atoms. The Kier molecular flexibility index (Phi) is 5.01. The van der Waals surface area contributed by atoms with Crippen LogP contribution in [0.2, 0.25) is 18.1 Å². The molecule has 0 aromatic heterocycles. The van der Waals surface area contributed by atoms with Crippen LogP contribution in [-0.4, -0.2) is 25.6 Å². The predicted molar refractivity (Wildman–Crippen MR) is 115 cm³/mol. The van der Waals surface area contributed by atoms with E-state index >= 15 is 0 Å². The van der Waals surface area contributed by atoms with E-state index in [9.17, 15) is 5.11 Å². The van der Waals surface area contributed by atoms with Crippen LogP contribution < -0.4 is 0 Å². The highest BCUT2D eigenvalue weighted by atomic mass is 28.4. The summed E-state index contributed by atoms with van der Waals surface area (Å²) >= 11 is 0. The van der Waals surface area contributed by atoms with Gasteiger partial charge in [0.15, 0.2) is 8.32 Å². The van der Waals surface area contributed by atoms with Crippen LogP contribution >= 0.6 is 0 Å². The number of hydrogen-bond acceptors (Lipinski definition) is 2. The van der Waals surface area contributed by atoms with Crippen molar-refractivity contribution in [2.24, 2.45) is 35.0 Å². The average Bonchev–Trinajstić information content (AvgIpc) is 2.89. The Balaban J connectivity index is 1.53. The molecular formula is C24H42O2Si. The summed E-state index contributed by atoms with van der Waals surface area (Å²) in [7, 11) is -1.71. The molecule has 3 saturated carbocycles. The second kappa shape index (κ2) is 6.70. The van der Waals surface area contributed by atoms with Crippen molar-refractivity contribution in [2.45, 2.75) is 103 Å². The van der Waals surface area contributed by atoms with Crippen LogP contribution in [0.4, 0.5) is 0 Å². The number of allylic oxidation sites excluding steroid dienone is 1. The molecule has 154 valence electrons. The van der Waals surface area contributed by atoms with E-state index in [0.717, 1.165) is 36.0 Å². The summed E-state index contributed by atoms with van der Waals surface area (Å²) in [6, 6.07) is 0. The lowest BCUT2D eigenvalue weighted by molar-refractivity contribution is -0.0668. The van der Waals surface area contributed by atoms with Gasteiger partial charge >= 0.3 is 0 Å². The molecule has 4 aliphatic rings. The van der Waals surface area contributed by atoms with E-state index in [-0.39, 0.29) is 6.10 Å². The number of aliphatic hydroxyl groups excluding tert-OH is 1. The lowest BCUT2D eigenvalue weighted by atomic mass is 9.51. The van der Waals surface area contributed by atoms with Crippen LogP contribution in [0.1, 0.15) is 72.6 Å². The second-order valence-corrected chi connectivity index (χ2v) is 16.8. The largest absolute Gasteiger partial charge is 0.413 e. The minimum absolute atomic E-state index is 0.189. The zero-order valence-corrected chi connectivity index (χ0v) is 19.5. The highest BCUT2D eigenvalue weighted by Gasteiger charge is 2.58. The summed E-state index contributed by atoms with van der Waals surface area (Å²) in [5.74, 6) is 4.07. The number of rotatable bonds is 2. The van der Waals surface area contributed by atoms with Crippen molar-refractivity contribution in [2.75, 3.05) is 0 Å². The van der Waals surface area contributed by atoms with Gasteiger partial charge in [-0.25, -0.2) is 0 Å². The minimum Gasteiger partial charge on any atom is -0.413 e. The number of hydrogen-bond donors (Lipinski definition) is 1. The summed E-state index contributed by atoms with van der Waals surface area (Å²) in [5.41, 5.74) is 0.390. The summed E-state index contributed by atoms with van der Waals surface area (Å²) in [6.07, 6.45) is 13.9. The van der Waals surface area contributed by atoms with Gasteiger partial charge in [0.05, 0.1) is 12.2 Å². The van der Waals surface area contributed by atoms with Gasteiger partial charge < -0.3 is 9.53 Å². The third-order valence-corrected chi connectivity index (χ3v) is 14.1. The third-order valence-electron chi connectivity index (χ3n) is 9.66. The molecule has 0 spiro atoms. The van der Waals surface area contributed by atoms with Gasteiger partial charge in [-0.3, -0.25) is 0 Å². The topological polar surface area (TPSA) is 29.5 Å². The molecular weight excluding hydrogens is 348 g/mol. The summed E-state index contributed by atoms with van der Waals surface area (Å²) in [4.78, 5) is 0. The van der Waals surface area contributed by atoms with Gasteiger partial charge in [0.25, 0.3) is 0 Å². The van der Waals surface area contributed by atoms with Crippen molar-refractivity contribution in [3.63, 3.8) is 0 Å². The van der Waals surface area contributed by atoms with Gasteiger partial charge in [0.2, 0.25) is 0 Å². The van der Waals surface area contributed by atoms with E-state index in [2.05, 4.69) is 52.9 Å². The maximum Gasteiger partial charge on any atom is 0.192 e. The molecule has 0 saturated heterocycles. The molecule has 8 atom stereocenters. The van der Waals surface area contributed by atoms with E-state index in [1.165, 1.54) is 38.5 Å². The quantitative estimate of drug-likeness (QED) is 0.451. The molecule has 0 bridgehead atoms. The summed E-state index contributed by atoms with van der Waals surface area (Å²) in [6.45, 7) is 14.5. The third kappa shape index (κ3) is 3.30. The minimum atomic E-state index is -1.71. The molecule has 0 radical (unpaired) electrons. The SMILES string of the molecule is CC(C)(C)[Si](C)(C)O[C@H]1CC[C@H]2[C@@H]3CC[C@H]4C[C@@H](O)C=C[C@@H]4[C@H]3CC[C@]12C. The highest BCUT2D eigenvalue weighted by molar-refractivity contribution is 6.74. The lowest BCUT2D eigenvalue weighted by Crippen LogP contribution is -2.52. The van der Waals surface area contributed by atoms with Crippen molar-refractivity contribution in [1.82, 2.24) is 0 Å². The van der Waals surface area contributed by atoms with Crippen molar-refractivity contribution in [3.05, 3.63) is 12.2 Å². The molecule has 0 unspecified atom stereocenters. The molecule has 0 heterocycles. The molecule has 3 heteroatoms. The van der Waals surface area contributed by atoms with Crippen LogP contribution in [0.5, 0.6) is 0 Å². The first-order valence-corrected chi connectivity index (χ1v) is 14.5. The fourth-order valence-electron chi connectivity index (χ4n) is 7.06. The first-order chi connectivity index (χ1) is 12.5. The Hall–Kier alpha value is -0.123. The van der Waals surface area contributed by atoms with Crippen molar-refractivity contribution in [1.29, 1.82) is 0 Å². The molecule has 0 aliphatic heterocycles. The average molecular weight is 391 g/mol. The second-order valence-electron chi connectivity index (χ2n) is 12.0. The van der Waals surface area contributed by atoms with E-state index < -0.39 is 8.32 Å². The summed E-state index contributed by atoms with van der Waals surface area (Å²) in [5, 5.41) is 10.3. The first-order valence-electron chi connectivity index (χ1n) is 11.6. The van der Waals surface area contributed by atoms with Crippen LogP contribution in [0.15, 0.2) is 12.2 Å². The Morgan fingerprint density at radius 3 is 2.44 bits per heavy atom. The smallest absolute Gasteiger partial charge is 0.192 e. The molecule has 0 aromatic rings. The molecule has 0 amide bonds. The molecule has 4 aliphatic carbocycles. The first kappa shape index (κ1) is 20.2. The molecule has 0 aromatic carbocycles. The van der Waals surface area contributed by atoms with E-state index in [4.69, 9.17) is 4.43 Å². The predicted octanol–water partition coefficient (Wildman–Crippen LogP) is 6.17. The van der Waals surface area contributed by atoms with Gasteiger partial charge in [-0.1, -0.05) is 39.8 Å². The zero-order chi connectivity index (χ0) is 19.6. The zero-order valence-electron chi connectivity index (χ0n) is 18.5. The standard InChI is InChI=1S/C24H42O2Si/c1-23(2,3)27(5,6)26-22-12-11-21-20-9-7-16-15-17(25)8-10-18(16)19(20)13-14-24(21,22)4/h8,10,16-22,25H,7,9,11-15H2,1-6H3/t16-,17-,18-,19+,20+,21-,22-,24-/m0/s1. The highest BCUT2D eigenvalue weighted by Crippen LogP contribution is 2.63. The van der Waals surface area contributed by atoms with E-state index in [1.54, 1.807) is 0 Å². The van der Waals surface area contributed by atoms with Gasteiger partial charge in [-0.05, 0) is 98.1 Å². The maximum absolute atomic E-state index is 10.0. The number of aliphatic hydroxyl groups is 1. The van der Waals surface area contributed by atoms with Gasteiger partial charge in [-0.15, -0.1) is 0 Å². The van der Waals surface area contributed by atoms with Gasteiger partial charge in [0.1, 0.15) is 0 Å². The van der Waals surface area contributed by atoms with Crippen molar-refractivity contribution < 1.29 is 9.53 Å². The van der Waals surface area contributed by atoms with E-state index in [1.807, 2.05) is 0 Å². The van der Waals surface area contributed by atoms with Crippen LogP contribution in [0, 0.1) is 35.0 Å². The Morgan fingerprint density at radius 2 is 1.74 bits per heavy atom. The molecule has 3 fully saturated rings. The lowest BCUT2D eigenvalue weighted by Gasteiger charge is -2.55. The maximum atomic E-state index is 10.0. The van der Waals surface area contributed by atoms with Crippen molar-refractivity contribution >= 4 is 8.32 Å². The fraction of sp³-hybridized carbons (Fsp3) is 0.917. The molecule has 4 rings (SSSR count). The normalized spacial score (nSPS) is 47.3. The Morgan fingerprint density at radius 1 is 1.00 bits per heavy atom. The van der Waals surface area contributed by atoms with Crippen molar-refractivity contribution in [3.8, 4) is 0 Å². The van der Waals surface area contributed by atoms with Gasteiger partial charge in [-0.2, -0.15) is 0 Å². The molecule has 2 nitrogen and oxygen atoms in total. The van der Waals surface area contributed by atoms with Crippen LogP contribution in [-0.2, 0) is 4.43 Å². The van der Waals surface area contributed by atoms with Crippen LogP contribution in [0.25, 0.3) is 0 Å².